The van der Waals surface area contributed by atoms with Gasteiger partial charge in [-0.2, -0.15) is 0 Å². The number of carbonyl (C=O) groups excluding carboxylic acids is 2. The highest BCUT2D eigenvalue weighted by atomic mass is 19.1. The van der Waals surface area contributed by atoms with E-state index < -0.39 is 0 Å². The maximum atomic E-state index is 13.0. The maximum Gasteiger partial charge on any atom is 0.239 e. The molecule has 1 atom stereocenters. The molecular weight excluding hydrogens is 383 g/mol. The van der Waals surface area contributed by atoms with Crippen LogP contribution in [-0.2, 0) is 16.1 Å². The van der Waals surface area contributed by atoms with Gasteiger partial charge in [0.2, 0.25) is 11.8 Å². The largest absolute Gasteiger partial charge is 0.340 e. The molecule has 30 heavy (non-hydrogen) atoms. The number of amides is 2. The first kappa shape index (κ1) is 21.9. The van der Waals surface area contributed by atoms with Gasteiger partial charge >= 0.3 is 0 Å². The van der Waals surface area contributed by atoms with E-state index in [9.17, 15) is 14.0 Å². The molecule has 0 spiro atoms. The van der Waals surface area contributed by atoms with E-state index in [0.29, 0.717) is 12.2 Å². The molecule has 1 fully saturated rings. The molecule has 1 N–H and O–H groups in total. The molecule has 1 heterocycles. The minimum Gasteiger partial charge on any atom is -0.340 e. The molecule has 0 aromatic heterocycles. The van der Waals surface area contributed by atoms with Crippen molar-refractivity contribution in [1.82, 2.24) is 14.7 Å². The summed E-state index contributed by atoms with van der Waals surface area (Å²) in [5.74, 6) is -0.356. The average molecular weight is 413 g/mol. The number of piperazine rings is 1. The summed E-state index contributed by atoms with van der Waals surface area (Å²) >= 11 is 0. The molecule has 160 valence electrons. The lowest BCUT2D eigenvalue weighted by molar-refractivity contribution is -0.136. The Morgan fingerprint density at radius 3 is 2.30 bits per heavy atom. The van der Waals surface area contributed by atoms with E-state index in [1.54, 1.807) is 17.0 Å². The highest BCUT2D eigenvalue weighted by molar-refractivity contribution is 5.92. The number of hydrogen-bond donors (Lipinski definition) is 1. The number of rotatable bonds is 7. The summed E-state index contributed by atoms with van der Waals surface area (Å²) in [5, 5.41) is 2.79. The summed E-state index contributed by atoms with van der Waals surface area (Å²) in [7, 11) is 1.84. The standard InChI is InChI=1S/C23H29FN4O2/c1-18(23(30)26(2)16-19-6-4-3-5-7-19)28-14-12-27(13-15-28)17-22(29)25-21-10-8-20(24)9-11-21/h3-11,18H,12-17H2,1-2H3,(H,25,29)/t18-/m0/s1. The molecule has 0 bridgehead atoms. The summed E-state index contributed by atoms with van der Waals surface area (Å²) in [6.07, 6.45) is 0. The number of halogens is 1. The second-order valence-corrected chi connectivity index (χ2v) is 7.72. The van der Waals surface area contributed by atoms with E-state index in [1.165, 1.54) is 12.1 Å². The Morgan fingerprint density at radius 2 is 1.67 bits per heavy atom. The van der Waals surface area contributed by atoms with Crippen molar-refractivity contribution >= 4 is 17.5 Å². The van der Waals surface area contributed by atoms with Crippen molar-refractivity contribution in [3.05, 3.63) is 66.0 Å². The van der Waals surface area contributed by atoms with E-state index in [0.717, 1.165) is 31.7 Å². The van der Waals surface area contributed by atoms with Gasteiger partial charge in [0.25, 0.3) is 0 Å². The van der Waals surface area contributed by atoms with Gasteiger partial charge in [-0.25, -0.2) is 4.39 Å². The molecule has 2 aromatic carbocycles. The van der Waals surface area contributed by atoms with Crippen molar-refractivity contribution < 1.29 is 14.0 Å². The van der Waals surface area contributed by atoms with Gasteiger partial charge in [0.1, 0.15) is 5.82 Å². The first-order valence-electron chi connectivity index (χ1n) is 10.2. The second-order valence-electron chi connectivity index (χ2n) is 7.72. The lowest BCUT2D eigenvalue weighted by atomic mass is 10.1. The lowest BCUT2D eigenvalue weighted by Crippen LogP contribution is -2.54. The third kappa shape index (κ3) is 6.11. The normalized spacial score (nSPS) is 16.1. The number of likely N-dealkylation sites (N-methyl/N-ethyl adjacent to an activating group) is 1. The van der Waals surface area contributed by atoms with Gasteiger partial charge in [-0.1, -0.05) is 30.3 Å². The molecule has 1 saturated heterocycles. The SMILES string of the molecule is C[C@@H](C(=O)N(C)Cc1ccccc1)N1CCN(CC(=O)Nc2ccc(F)cc2)CC1. The van der Waals surface area contributed by atoms with Gasteiger partial charge in [0, 0.05) is 45.5 Å². The fraction of sp³-hybridized carbons (Fsp3) is 0.391. The zero-order valence-corrected chi connectivity index (χ0v) is 17.6. The van der Waals surface area contributed by atoms with Crippen molar-refractivity contribution in [2.75, 3.05) is 45.1 Å². The number of carbonyl (C=O) groups is 2. The number of anilines is 1. The van der Waals surface area contributed by atoms with Gasteiger partial charge in [-0.05, 0) is 36.8 Å². The summed E-state index contributed by atoms with van der Waals surface area (Å²) in [4.78, 5) is 31.0. The second kappa shape index (κ2) is 10.3. The first-order valence-corrected chi connectivity index (χ1v) is 10.2. The summed E-state index contributed by atoms with van der Waals surface area (Å²) in [6.45, 7) is 5.72. The van der Waals surface area contributed by atoms with Crippen LogP contribution in [0.1, 0.15) is 12.5 Å². The zero-order chi connectivity index (χ0) is 21.5. The van der Waals surface area contributed by atoms with Crippen molar-refractivity contribution in [2.24, 2.45) is 0 Å². The number of benzene rings is 2. The van der Waals surface area contributed by atoms with Gasteiger partial charge in [0.05, 0.1) is 12.6 Å². The van der Waals surface area contributed by atoms with Gasteiger partial charge in [0.15, 0.2) is 0 Å². The van der Waals surface area contributed by atoms with Crippen LogP contribution in [0.15, 0.2) is 54.6 Å². The van der Waals surface area contributed by atoms with Crippen LogP contribution in [-0.4, -0.2) is 72.3 Å². The van der Waals surface area contributed by atoms with Crippen LogP contribution in [0.3, 0.4) is 0 Å². The van der Waals surface area contributed by atoms with Gasteiger partial charge in [-0.15, -0.1) is 0 Å². The van der Waals surface area contributed by atoms with E-state index >= 15 is 0 Å². The van der Waals surface area contributed by atoms with Crippen molar-refractivity contribution in [1.29, 1.82) is 0 Å². The molecule has 1 aliphatic rings. The molecule has 7 heteroatoms. The van der Waals surface area contributed by atoms with Crippen LogP contribution >= 0.6 is 0 Å². The molecule has 1 aliphatic heterocycles. The smallest absolute Gasteiger partial charge is 0.239 e. The summed E-state index contributed by atoms with van der Waals surface area (Å²) in [6, 6.07) is 15.5. The van der Waals surface area contributed by atoms with Crippen LogP contribution in [0.25, 0.3) is 0 Å². The Bertz CT molecular complexity index is 836. The molecule has 0 saturated carbocycles. The monoisotopic (exact) mass is 412 g/mol. The Labute approximate surface area is 177 Å². The predicted molar refractivity (Wildman–Crippen MR) is 115 cm³/mol. The number of nitrogens with zero attached hydrogens (tertiary/aromatic N) is 3. The van der Waals surface area contributed by atoms with Crippen LogP contribution in [0, 0.1) is 5.82 Å². The third-order valence-corrected chi connectivity index (χ3v) is 5.45. The number of nitrogens with one attached hydrogen (secondary N) is 1. The van der Waals surface area contributed by atoms with E-state index in [4.69, 9.17) is 0 Å². The Morgan fingerprint density at radius 1 is 1.03 bits per heavy atom. The Balaban J connectivity index is 1.43. The van der Waals surface area contributed by atoms with Crippen LogP contribution in [0.5, 0.6) is 0 Å². The molecule has 0 unspecified atom stereocenters. The quantitative estimate of drug-likeness (QED) is 0.759. The van der Waals surface area contributed by atoms with E-state index in [1.807, 2.05) is 44.3 Å². The fourth-order valence-electron chi connectivity index (χ4n) is 3.66. The predicted octanol–water partition coefficient (Wildman–Crippen LogP) is 2.43. The fourth-order valence-corrected chi connectivity index (χ4v) is 3.66. The lowest BCUT2D eigenvalue weighted by Gasteiger charge is -2.38. The summed E-state index contributed by atoms with van der Waals surface area (Å²) < 4.78 is 13.0. The Kier molecular flexibility index (Phi) is 7.54. The molecule has 0 radical (unpaired) electrons. The molecule has 2 amide bonds. The molecule has 3 rings (SSSR count). The molecule has 0 aliphatic carbocycles. The van der Waals surface area contributed by atoms with Gasteiger partial charge in [-0.3, -0.25) is 19.4 Å². The minimum atomic E-state index is -0.331. The average Bonchev–Trinajstić information content (AvgIpc) is 2.75. The van der Waals surface area contributed by atoms with Crippen LogP contribution in [0.2, 0.25) is 0 Å². The zero-order valence-electron chi connectivity index (χ0n) is 17.6. The van der Waals surface area contributed by atoms with Gasteiger partial charge < -0.3 is 10.2 Å². The topological polar surface area (TPSA) is 55.9 Å². The Hall–Kier alpha value is -2.77. The third-order valence-electron chi connectivity index (χ3n) is 5.45. The first-order chi connectivity index (χ1) is 14.4. The van der Waals surface area contributed by atoms with Crippen molar-refractivity contribution in [3.8, 4) is 0 Å². The van der Waals surface area contributed by atoms with E-state index in [-0.39, 0.29) is 30.2 Å². The van der Waals surface area contributed by atoms with Crippen molar-refractivity contribution in [3.63, 3.8) is 0 Å². The minimum absolute atomic E-state index is 0.0985. The van der Waals surface area contributed by atoms with Crippen LogP contribution in [0.4, 0.5) is 10.1 Å². The highest BCUT2D eigenvalue weighted by Crippen LogP contribution is 2.12. The van der Waals surface area contributed by atoms with E-state index in [2.05, 4.69) is 15.1 Å². The highest BCUT2D eigenvalue weighted by Gasteiger charge is 2.28. The number of hydrogen-bond acceptors (Lipinski definition) is 4. The molecule has 2 aromatic rings. The van der Waals surface area contributed by atoms with Crippen LogP contribution < -0.4 is 5.32 Å². The maximum absolute atomic E-state index is 13.0. The molecule has 6 nitrogen and oxygen atoms in total. The molecular formula is C23H29FN4O2. The van der Waals surface area contributed by atoms with Crippen molar-refractivity contribution in [2.45, 2.75) is 19.5 Å². The summed E-state index contributed by atoms with van der Waals surface area (Å²) in [5.41, 5.74) is 1.69.